The molecule has 5 nitrogen and oxygen atoms in total. The van der Waals surface area contributed by atoms with E-state index in [1.165, 1.54) is 33.7 Å². The van der Waals surface area contributed by atoms with Crippen LogP contribution in [0, 0.1) is 0 Å². The first-order valence-electron chi connectivity index (χ1n) is 12.7. The van der Waals surface area contributed by atoms with Crippen molar-refractivity contribution in [3.8, 4) is 0 Å². The summed E-state index contributed by atoms with van der Waals surface area (Å²) in [4.78, 5) is 2.45. The molecule has 188 valence electrons. The van der Waals surface area contributed by atoms with Crippen LogP contribution in [-0.2, 0) is 35.3 Å². The summed E-state index contributed by atoms with van der Waals surface area (Å²) in [6, 6.07) is 26.9. The second kappa shape index (κ2) is 10.6. The molecule has 0 radical (unpaired) electrons. The Morgan fingerprint density at radius 2 is 1.61 bits per heavy atom. The Labute approximate surface area is 215 Å². The van der Waals surface area contributed by atoms with Crippen molar-refractivity contribution in [1.82, 2.24) is 13.8 Å². The van der Waals surface area contributed by atoms with E-state index in [1.54, 1.807) is 7.05 Å². The quantitative estimate of drug-likeness (QED) is 0.313. The number of nitrogens with zero attached hydrogens (tertiary/aromatic N) is 3. The van der Waals surface area contributed by atoms with Gasteiger partial charge in [0.15, 0.2) is 0 Å². The molecule has 0 amide bonds. The maximum absolute atomic E-state index is 13.2. The minimum atomic E-state index is -3.45. The van der Waals surface area contributed by atoms with Crippen LogP contribution in [0.3, 0.4) is 0 Å². The monoisotopic (exact) mass is 501 g/mol. The molecule has 0 bridgehead atoms. The van der Waals surface area contributed by atoms with Crippen LogP contribution in [-0.4, -0.2) is 48.9 Å². The van der Waals surface area contributed by atoms with Gasteiger partial charge in [0.05, 0.1) is 5.75 Å². The zero-order valence-corrected chi connectivity index (χ0v) is 22.0. The van der Waals surface area contributed by atoms with Gasteiger partial charge in [0.1, 0.15) is 0 Å². The minimum absolute atomic E-state index is 0.00108. The normalized spacial score (nSPS) is 16.8. The van der Waals surface area contributed by atoms with Crippen molar-refractivity contribution in [2.45, 2.75) is 44.1 Å². The molecular weight excluding hydrogens is 466 g/mol. The van der Waals surface area contributed by atoms with E-state index in [0.29, 0.717) is 12.6 Å². The van der Waals surface area contributed by atoms with Crippen LogP contribution in [0.1, 0.15) is 35.1 Å². The van der Waals surface area contributed by atoms with Gasteiger partial charge >= 0.3 is 0 Å². The summed E-state index contributed by atoms with van der Waals surface area (Å²) in [7, 11) is 0.427. The maximum Gasteiger partial charge on any atom is 0.218 e. The molecule has 4 aromatic rings. The molecular formula is C30H35N3O2S. The van der Waals surface area contributed by atoms with Crippen molar-refractivity contribution in [2.24, 2.45) is 0 Å². The molecule has 3 aromatic carbocycles. The number of sulfonamides is 1. The summed E-state index contributed by atoms with van der Waals surface area (Å²) in [5.74, 6) is -0.00108. The van der Waals surface area contributed by atoms with E-state index in [2.05, 4.69) is 59.1 Å². The summed E-state index contributed by atoms with van der Waals surface area (Å²) in [6.07, 6.45) is 5.71. The second-order valence-electron chi connectivity index (χ2n) is 10.1. The van der Waals surface area contributed by atoms with Crippen molar-refractivity contribution >= 4 is 20.9 Å². The second-order valence-corrected chi connectivity index (χ2v) is 12.2. The van der Waals surface area contributed by atoms with Gasteiger partial charge in [-0.1, -0.05) is 66.7 Å². The lowest BCUT2D eigenvalue weighted by Gasteiger charge is -2.19. The maximum atomic E-state index is 13.2. The number of aromatic nitrogens is 1. The lowest BCUT2D eigenvalue weighted by atomic mass is 10.0. The van der Waals surface area contributed by atoms with Crippen LogP contribution >= 0.6 is 0 Å². The molecule has 36 heavy (non-hydrogen) atoms. The third kappa shape index (κ3) is 5.56. The molecule has 1 aliphatic heterocycles. The average Bonchev–Trinajstić information content (AvgIpc) is 3.43. The van der Waals surface area contributed by atoms with Crippen molar-refractivity contribution < 1.29 is 8.42 Å². The molecule has 1 saturated heterocycles. The first-order chi connectivity index (χ1) is 17.4. The topological polar surface area (TPSA) is 45.6 Å². The van der Waals surface area contributed by atoms with E-state index in [9.17, 15) is 8.42 Å². The van der Waals surface area contributed by atoms with Crippen LogP contribution in [0.15, 0.2) is 85.1 Å². The van der Waals surface area contributed by atoms with Crippen molar-refractivity contribution in [2.75, 3.05) is 20.6 Å². The molecule has 5 rings (SSSR count). The van der Waals surface area contributed by atoms with Crippen molar-refractivity contribution in [3.05, 3.63) is 107 Å². The number of hydrogen-bond acceptors (Lipinski definition) is 3. The number of likely N-dealkylation sites (N-methyl/N-ethyl adjacent to an activating group) is 1. The minimum Gasteiger partial charge on any atom is -0.343 e. The Balaban J connectivity index is 1.44. The van der Waals surface area contributed by atoms with E-state index < -0.39 is 10.0 Å². The van der Waals surface area contributed by atoms with Gasteiger partial charge in [-0.3, -0.25) is 0 Å². The molecule has 1 aliphatic rings. The lowest BCUT2D eigenvalue weighted by molar-refractivity contribution is 0.309. The highest BCUT2D eigenvalue weighted by molar-refractivity contribution is 7.88. The lowest BCUT2D eigenvalue weighted by Crippen LogP contribution is -2.27. The van der Waals surface area contributed by atoms with Crippen molar-refractivity contribution in [3.63, 3.8) is 0 Å². The van der Waals surface area contributed by atoms with E-state index in [0.717, 1.165) is 36.2 Å². The fourth-order valence-electron chi connectivity index (χ4n) is 5.33. The molecule has 0 spiro atoms. The molecule has 6 heteroatoms. The summed E-state index contributed by atoms with van der Waals surface area (Å²) in [6.45, 7) is 2.32. The van der Waals surface area contributed by atoms with Gasteiger partial charge in [-0.25, -0.2) is 12.7 Å². The largest absolute Gasteiger partial charge is 0.343 e. The van der Waals surface area contributed by atoms with Gasteiger partial charge in [-0.2, -0.15) is 0 Å². The summed E-state index contributed by atoms with van der Waals surface area (Å²) < 4.78 is 30.2. The van der Waals surface area contributed by atoms with Gasteiger partial charge in [-0.15, -0.1) is 0 Å². The predicted octanol–water partition coefficient (Wildman–Crippen LogP) is 5.29. The van der Waals surface area contributed by atoms with Gasteiger partial charge in [-0.05, 0) is 67.2 Å². The molecule has 0 N–H and O–H groups in total. The first kappa shape index (κ1) is 24.8. The van der Waals surface area contributed by atoms with Gasteiger partial charge < -0.3 is 9.47 Å². The van der Waals surface area contributed by atoms with E-state index in [-0.39, 0.29) is 5.75 Å². The molecule has 1 aromatic heterocycles. The van der Waals surface area contributed by atoms with Gasteiger partial charge in [0.2, 0.25) is 10.0 Å². The zero-order valence-electron chi connectivity index (χ0n) is 21.2. The predicted molar refractivity (Wildman–Crippen MR) is 147 cm³/mol. The number of rotatable bonds is 9. The third-order valence-corrected chi connectivity index (χ3v) is 9.20. The number of hydrogen-bond donors (Lipinski definition) is 0. The molecule has 1 atom stereocenters. The molecule has 0 unspecified atom stereocenters. The van der Waals surface area contributed by atoms with Gasteiger partial charge in [0, 0.05) is 43.3 Å². The fourth-order valence-corrected chi connectivity index (χ4v) is 6.50. The van der Waals surface area contributed by atoms with Crippen LogP contribution < -0.4 is 0 Å². The Hall–Kier alpha value is -2.93. The van der Waals surface area contributed by atoms with Crippen LogP contribution in [0.4, 0.5) is 0 Å². The van der Waals surface area contributed by atoms with Crippen LogP contribution in [0.25, 0.3) is 10.9 Å². The average molecular weight is 502 g/mol. The highest BCUT2D eigenvalue weighted by atomic mass is 32.2. The molecule has 2 heterocycles. The van der Waals surface area contributed by atoms with Crippen LogP contribution in [0.2, 0.25) is 0 Å². The SMILES string of the molecule is CN1CCC[C@@H]1Cc1cn(Cc2ccccc2)c2ccc(CS(=O)(=O)N(C)Cc3ccccc3)cc12. The smallest absolute Gasteiger partial charge is 0.218 e. The fraction of sp³-hybridized carbons (Fsp3) is 0.333. The number of benzene rings is 3. The summed E-state index contributed by atoms with van der Waals surface area (Å²) in [5.41, 5.74) is 5.54. The van der Waals surface area contributed by atoms with Gasteiger partial charge in [0.25, 0.3) is 0 Å². The Morgan fingerprint density at radius 3 is 2.28 bits per heavy atom. The van der Waals surface area contributed by atoms with E-state index in [1.807, 2.05) is 42.5 Å². The Bertz CT molecular complexity index is 1410. The molecule has 1 fully saturated rings. The highest BCUT2D eigenvalue weighted by Crippen LogP contribution is 2.29. The van der Waals surface area contributed by atoms with E-state index >= 15 is 0 Å². The highest BCUT2D eigenvalue weighted by Gasteiger charge is 2.24. The third-order valence-electron chi connectivity index (χ3n) is 7.42. The molecule has 0 saturated carbocycles. The summed E-state index contributed by atoms with van der Waals surface area (Å²) >= 11 is 0. The standard InChI is InChI=1S/C30H35N3O2S/c1-31-17-9-14-28(31)19-27-22-33(21-25-12-7-4-8-13-25)30-16-15-26(18-29(27)30)23-36(34,35)32(2)20-24-10-5-3-6-11-24/h3-8,10-13,15-16,18,22,28H,9,14,17,19-21,23H2,1-2H3/t28-/m1/s1. The first-order valence-corrected chi connectivity index (χ1v) is 14.3. The summed E-state index contributed by atoms with van der Waals surface area (Å²) in [5, 5.41) is 1.17. The Kier molecular flexibility index (Phi) is 7.28. The number of likely N-dealkylation sites (tertiary alicyclic amines) is 1. The zero-order chi connectivity index (χ0) is 25.1. The van der Waals surface area contributed by atoms with Crippen molar-refractivity contribution in [1.29, 1.82) is 0 Å². The molecule has 0 aliphatic carbocycles. The Morgan fingerprint density at radius 1 is 0.917 bits per heavy atom. The van der Waals surface area contributed by atoms with E-state index in [4.69, 9.17) is 0 Å². The van der Waals surface area contributed by atoms with Crippen LogP contribution in [0.5, 0.6) is 0 Å². The number of fused-ring (bicyclic) bond motifs is 1.